The smallest absolute Gasteiger partial charge is 0.207 e. The zero-order valence-electron chi connectivity index (χ0n) is 20.6. The van der Waals surface area contributed by atoms with Crippen LogP contribution in [0.15, 0.2) is 36.4 Å². The van der Waals surface area contributed by atoms with Crippen molar-refractivity contribution in [3.05, 3.63) is 64.7 Å². The molecule has 0 fully saturated rings. The third kappa shape index (κ3) is 8.77. The molecule has 0 bridgehead atoms. The number of nitrogens with one attached hydrogen (secondary N) is 3. The van der Waals surface area contributed by atoms with Crippen molar-refractivity contribution in [2.24, 2.45) is 5.41 Å². The Bertz CT molecular complexity index is 875. The summed E-state index contributed by atoms with van der Waals surface area (Å²) in [7, 11) is 0. The molecule has 1 amide bonds. The molecule has 1 aliphatic heterocycles. The van der Waals surface area contributed by atoms with E-state index in [0.29, 0.717) is 31.4 Å². The fourth-order valence-corrected chi connectivity index (χ4v) is 4.29. The van der Waals surface area contributed by atoms with Gasteiger partial charge in [0.2, 0.25) is 6.41 Å². The summed E-state index contributed by atoms with van der Waals surface area (Å²) in [5, 5.41) is 9.88. The van der Waals surface area contributed by atoms with Gasteiger partial charge in [0.1, 0.15) is 11.6 Å². The molecule has 1 aliphatic rings. The van der Waals surface area contributed by atoms with Crippen molar-refractivity contribution in [2.45, 2.75) is 72.4 Å². The summed E-state index contributed by atoms with van der Waals surface area (Å²) in [6.07, 6.45) is 3.69. The first-order valence-corrected chi connectivity index (χ1v) is 12.0. The van der Waals surface area contributed by atoms with Gasteiger partial charge in [0.15, 0.2) is 0 Å². The highest BCUT2D eigenvalue weighted by molar-refractivity contribution is 5.56. The van der Waals surface area contributed by atoms with Gasteiger partial charge in [-0.3, -0.25) is 4.79 Å². The summed E-state index contributed by atoms with van der Waals surface area (Å²) >= 11 is 0. The highest BCUT2D eigenvalue weighted by atomic mass is 19.1. The maximum atomic E-state index is 13.5. The van der Waals surface area contributed by atoms with E-state index in [0.717, 1.165) is 25.5 Å². The van der Waals surface area contributed by atoms with Gasteiger partial charge in [-0.2, -0.15) is 0 Å². The van der Waals surface area contributed by atoms with Gasteiger partial charge in [-0.15, -0.1) is 0 Å². The zero-order chi connectivity index (χ0) is 24.4. The minimum Gasteiger partial charge on any atom is -0.385 e. The predicted molar refractivity (Wildman–Crippen MR) is 132 cm³/mol. The van der Waals surface area contributed by atoms with Gasteiger partial charge in [0, 0.05) is 30.4 Å². The van der Waals surface area contributed by atoms with Crippen molar-refractivity contribution in [1.29, 1.82) is 0 Å². The Balaban J connectivity index is 0.00000187. The van der Waals surface area contributed by atoms with Crippen molar-refractivity contribution in [1.82, 2.24) is 10.6 Å². The lowest BCUT2D eigenvalue weighted by Crippen LogP contribution is -2.35. The molecular formula is C27H39F2N3O. The number of rotatable bonds is 9. The largest absolute Gasteiger partial charge is 0.385 e. The summed E-state index contributed by atoms with van der Waals surface area (Å²) < 4.78 is 27.0. The average Bonchev–Trinajstić information content (AvgIpc) is 2.74. The number of hydrogen-bond donors (Lipinski definition) is 3. The van der Waals surface area contributed by atoms with Gasteiger partial charge in [-0.05, 0) is 72.5 Å². The molecule has 33 heavy (non-hydrogen) atoms. The summed E-state index contributed by atoms with van der Waals surface area (Å²) in [6, 6.07) is 10.2. The van der Waals surface area contributed by atoms with E-state index >= 15 is 0 Å². The van der Waals surface area contributed by atoms with E-state index in [-0.39, 0.29) is 17.5 Å². The number of halogens is 2. The standard InChI is InChI=1S/C25H33F2N3O.C2H6/c1-25(2,3)15-17-4-5-23-22(13-17)24(7-9-29-23)28-8-6-21(30-16-31)12-18-10-19(26)14-20(27)11-18;1-2/h4-5,10-11,13-14,16,21,24,28-29H,6-9,12,15H2,1-3H3,(H,30,31);1-2H3/t21-,24?;/m1./s1. The molecule has 182 valence electrons. The van der Waals surface area contributed by atoms with Gasteiger partial charge in [-0.1, -0.05) is 46.8 Å². The molecule has 0 saturated carbocycles. The van der Waals surface area contributed by atoms with E-state index in [2.05, 4.69) is 54.9 Å². The fraction of sp³-hybridized carbons (Fsp3) is 0.519. The number of fused-ring (bicyclic) bond motifs is 1. The first kappa shape index (κ1) is 26.8. The normalized spacial score (nSPS) is 16.0. The Kier molecular flexibility index (Phi) is 10.3. The molecule has 1 unspecified atom stereocenters. The molecule has 0 aliphatic carbocycles. The van der Waals surface area contributed by atoms with E-state index in [1.54, 1.807) is 0 Å². The molecule has 2 aromatic carbocycles. The van der Waals surface area contributed by atoms with E-state index in [1.807, 2.05) is 13.8 Å². The second-order valence-electron chi connectivity index (χ2n) is 9.63. The van der Waals surface area contributed by atoms with Crippen LogP contribution in [0.5, 0.6) is 0 Å². The molecule has 0 saturated heterocycles. The molecule has 3 N–H and O–H groups in total. The van der Waals surface area contributed by atoms with Gasteiger partial charge in [0.25, 0.3) is 0 Å². The van der Waals surface area contributed by atoms with Gasteiger partial charge in [-0.25, -0.2) is 8.78 Å². The first-order valence-electron chi connectivity index (χ1n) is 12.0. The summed E-state index contributed by atoms with van der Waals surface area (Å²) in [4.78, 5) is 11.0. The lowest BCUT2D eigenvalue weighted by Gasteiger charge is -2.29. The Hall–Kier alpha value is -2.47. The van der Waals surface area contributed by atoms with Gasteiger partial charge >= 0.3 is 0 Å². The highest BCUT2D eigenvalue weighted by Gasteiger charge is 2.21. The topological polar surface area (TPSA) is 53.2 Å². The Morgan fingerprint density at radius 2 is 1.79 bits per heavy atom. The Morgan fingerprint density at radius 1 is 1.09 bits per heavy atom. The molecule has 0 aromatic heterocycles. The van der Waals surface area contributed by atoms with Crippen LogP contribution in [0, 0.1) is 17.0 Å². The lowest BCUT2D eigenvalue weighted by molar-refractivity contribution is -0.110. The number of anilines is 1. The van der Waals surface area contributed by atoms with E-state index in [4.69, 9.17) is 0 Å². The quantitative estimate of drug-likeness (QED) is 0.417. The SMILES string of the molecule is CC.CC(C)(C)Cc1ccc2c(c1)C(NCC[C@H](Cc1cc(F)cc(F)c1)NC=O)CCN2. The fourth-order valence-electron chi connectivity index (χ4n) is 4.29. The third-order valence-corrected chi connectivity index (χ3v) is 5.57. The maximum Gasteiger partial charge on any atom is 0.207 e. The highest BCUT2D eigenvalue weighted by Crippen LogP contribution is 2.32. The van der Waals surface area contributed by atoms with Crippen LogP contribution in [-0.2, 0) is 17.6 Å². The zero-order valence-corrected chi connectivity index (χ0v) is 20.6. The maximum absolute atomic E-state index is 13.5. The number of carbonyl (C=O) groups excluding carboxylic acids is 1. The van der Waals surface area contributed by atoms with Crippen LogP contribution in [0.3, 0.4) is 0 Å². The lowest BCUT2D eigenvalue weighted by atomic mass is 9.86. The third-order valence-electron chi connectivity index (χ3n) is 5.57. The first-order chi connectivity index (χ1) is 15.7. The summed E-state index contributed by atoms with van der Waals surface area (Å²) in [5.41, 5.74) is 4.54. The minimum atomic E-state index is -0.602. The number of carbonyl (C=O) groups is 1. The minimum absolute atomic E-state index is 0.195. The molecule has 4 nitrogen and oxygen atoms in total. The van der Waals surface area contributed by atoms with Crippen LogP contribution < -0.4 is 16.0 Å². The molecule has 2 atom stereocenters. The molecule has 0 spiro atoms. The number of amides is 1. The summed E-state index contributed by atoms with van der Waals surface area (Å²) in [5.74, 6) is -1.20. The van der Waals surface area contributed by atoms with E-state index < -0.39 is 11.6 Å². The number of benzene rings is 2. The van der Waals surface area contributed by atoms with Crippen molar-refractivity contribution in [3.63, 3.8) is 0 Å². The van der Waals surface area contributed by atoms with Crippen LogP contribution in [0.4, 0.5) is 14.5 Å². The average molecular weight is 460 g/mol. The van der Waals surface area contributed by atoms with Crippen LogP contribution in [0.2, 0.25) is 0 Å². The molecule has 6 heteroatoms. The Labute approximate surface area is 197 Å². The summed E-state index contributed by atoms with van der Waals surface area (Å²) in [6.45, 7) is 12.3. The molecule has 1 heterocycles. The van der Waals surface area contributed by atoms with Crippen LogP contribution in [0.1, 0.15) is 70.2 Å². The van der Waals surface area contributed by atoms with Gasteiger partial charge in [0.05, 0.1) is 0 Å². The molecule has 3 rings (SSSR count). The Morgan fingerprint density at radius 3 is 2.42 bits per heavy atom. The van der Waals surface area contributed by atoms with Crippen molar-refractivity contribution >= 4 is 12.1 Å². The van der Waals surface area contributed by atoms with Crippen LogP contribution in [0.25, 0.3) is 0 Å². The van der Waals surface area contributed by atoms with Crippen LogP contribution in [-0.4, -0.2) is 25.5 Å². The molecular weight excluding hydrogens is 420 g/mol. The molecule has 2 aromatic rings. The molecule has 0 radical (unpaired) electrons. The van der Waals surface area contributed by atoms with E-state index in [1.165, 1.54) is 28.9 Å². The monoisotopic (exact) mass is 459 g/mol. The number of hydrogen-bond acceptors (Lipinski definition) is 3. The second-order valence-corrected chi connectivity index (χ2v) is 9.63. The van der Waals surface area contributed by atoms with Gasteiger partial charge < -0.3 is 16.0 Å². The van der Waals surface area contributed by atoms with Crippen LogP contribution >= 0.6 is 0 Å². The predicted octanol–water partition coefficient (Wildman–Crippen LogP) is 5.77. The second kappa shape index (κ2) is 12.7. The van der Waals surface area contributed by atoms with Crippen molar-refractivity contribution in [3.8, 4) is 0 Å². The van der Waals surface area contributed by atoms with Crippen molar-refractivity contribution < 1.29 is 13.6 Å². The van der Waals surface area contributed by atoms with E-state index in [9.17, 15) is 13.6 Å². The van der Waals surface area contributed by atoms with Crippen molar-refractivity contribution in [2.75, 3.05) is 18.4 Å².